The number of halogens is 1. The average Bonchev–Trinajstić information content (AvgIpc) is 2.77. The molecule has 3 aromatic rings. The molecule has 1 amide bonds. The van der Waals surface area contributed by atoms with Gasteiger partial charge in [-0.15, -0.1) is 0 Å². The molecule has 8 heteroatoms. The first-order valence-corrected chi connectivity index (χ1v) is 12.3. The second-order valence-electron chi connectivity index (χ2n) is 7.94. The first-order valence-electron chi connectivity index (χ1n) is 10.5. The fourth-order valence-corrected chi connectivity index (χ4v) is 4.07. The molecule has 0 aliphatic rings. The molecule has 0 atom stereocenters. The number of sulfonamides is 1. The number of carbonyl (C=O) groups excluding carboxylic acids is 1. The molecule has 0 aliphatic carbocycles. The molecule has 33 heavy (non-hydrogen) atoms. The number of hydrogen-bond donors (Lipinski definition) is 1. The molecule has 0 fully saturated rings. The summed E-state index contributed by atoms with van der Waals surface area (Å²) in [5.74, 6) is 0.111. The van der Waals surface area contributed by atoms with Gasteiger partial charge in [0.2, 0.25) is 10.0 Å². The van der Waals surface area contributed by atoms with Crippen LogP contribution in [0, 0.1) is 5.82 Å². The molecule has 0 saturated heterocycles. The van der Waals surface area contributed by atoms with Crippen LogP contribution in [0.2, 0.25) is 0 Å². The number of nitrogens with zero attached hydrogens (tertiary/aromatic N) is 1. The molecule has 0 heterocycles. The minimum Gasteiger partial charge on any atom is -0.491 e. The Morgan fingerprint density at radius 2 is 1.52 bits per heavy atom. The number of anilines is 1. The Morgan fingerprint density at radius 3 is 2.06 bits per heavy atom. The van der Waals surface area contributed by atoms with Crippen molar-refractivity contribution in [2.24, 2.45) is 0 Å². The zero-order valence-corrected chi connectivity index (χ0v) is 19.6. The Hall–Kier alpha value is -3.39. The number of ether oxygens (including phenoxy) is 1. The zero-order valence-electron chi connectivity index (χ0n) is 18.8. The normalized spacial score (nSPS) is 11.3. The largest absolute Gasteiger partial charge is 0.491 e. The predicted octanol–water partition coefficient (Wildman–Crippen LogP) is 4.51. The van der Waals surface area contributed by atoms with E-state index in [1.807, 2.05) is 38.1 Å². The molecule has 174 valence electrons. The number of rotatable bonds is 9. The quantitative estimate of drug-likeness (QED) is 0.499. The van der Waals surface area contributed by atoms with Crippen LogP contribution in [0.15, 0.2) is 72.8 Å². The second-order valence-corrected chi connectivity index (χ2v) is 9.84. The van der Waals surface area contributed by atoms with Gasteiger partial charge >= 0.3 is 0 Å². The molecule has 0 unspecified atom stereocenters. The van der Waals surface area contributed by atoms with E-state index in [1.165, 1.54) is 28.6 Å². The third-order valence-electron chi connectivity index (χ3n) is 4.81. The van der Waals surface area contributed by atoms with Gasteiger partial charge < -0.3 is 10.1 Å². The fraction of sp³-hybridized carbons (Fsp3) is 0.240. The monoisotopic (exact) mass is 470 g/mol. The minimum absolute atomic E-state index is 0.0567. The summed E-state index contributed by atoms with van der Waals surface area (Å²) in [6.45, 7) is 4.32. The number of nitrogens with one attached hydrogen (secondary N) is 1. The van der Waals surface area contributed by atoms with E-state index in [0.29, 0.717) is 23.4 Å². The standard InChI is InChI=1S/C25H27FN2O4S/c1-18(2)32-24-14-6-19(7-15-24)16-27-25(29)21-8-12-23(13-9-21)28(33(3,30)31)17-20-4-10-22(26)11-5-20/h4-15,18H,16-17H2,1-3H3,(H,27,29). The molecule has 3 rings (SSSR count). The van der Waals surface area contributed by atoms with Crippen LogP contribution < -0.4 is 14.4 Å². The van der Waals surface area contributed by atoms with E-state index in [0.717, 1.165) is 17.6 Å². The lowest BCUT2D eigenvalue weighted by Crippen LogP contribution is -2.29. The van der Waals surface area contributed by atoms with Gasteiger partial charge in [0.1, 0.15) is 11.6 Å². The van der Waals surface area contributed by atoms with E-state index in [9.17, 15) is 17.6 Å². The molecule has 6 nitrogen and oxygen atoms in total. The molecule has 3 aromatic carbocycles. The summed E-state index contributed by atoms with van der Waals surface area (Å²) in [5.41, 5.74) is 2.40. The maximum Gasteiger partial charge on any atom is 0.251 e. The van der Waals surface area contributed by atoms with Crippen LogP contribution in [-0.2, 0) is 23.1 Å². The Morgan fingerprint density at radius 1 is 0.939 bits per heavy atom. The van der Waals surface area contributed by atoms with E-state index in [2.05, 4.69) is 5.32 Å². The lowest BCUT2D eigenvalue weighted by atomic mass is 10.1. The van der Waals surface area contributed by atoms with Crippen molar-refractivity contribution in [2.45, 2.75) is 33.0 Å². The van der Waals surface area contributed by atoms with Crippen LogP contribution in [0.5, 0.6) is 5.75 Å². The van der Waals surface area contributed by atoms with E-state index < -0.39 is 10.0 Å². The maximum atomic E-state index is 13.2. The summed E-state index contributed by atoms with van der Waals surface area (Å²) in [6.07, 6.45) is 1.20. The summed E-state index contributed by atoms with van der Waals surface area (Å²) in [6, 6.07) is 19.5. The highest BCUT2D eigenvalue weighted by molar-refractivity contribution is 7.92. The van der Waals surface area contributed by atoms with Crippen LogP contribution in [0.4, 0.5) is 10.1 Å². The molecule has 0 aliphatic heterocycles. The van der Waals surface area contributed by atoms with Gasteiger partial charge in [0.25, 0.3) is 5.91 Å². The summed E-state index contributed by atoms with van der Waals surface area (Å²) in [4.78, 5) is 12.5. The fourth-order valence-electron chi connectivity index (χ4n) is 3.18. The lowest BCUT2D eigenvalue weighted by molar-refractivity contribution is 0.0951. The van der Waals surface area contributed by atoms with Crippen molar-refractivity contribution >= 4 is 21.6 Å². The highest BCUT2D eigenvalue weighted by Crippen LogP contribution is 2.22. The molecular weight excluding hydrogens is 443 g/mol. The Balaban J connectivity index is 1.65. The number of hydrogen-bond acceptors (Lipinski definition) is 4. The lowest BCUT2D eigenvalue weighted by Gasteiger charge is -2.22. The van der Waals surface area contributed by atoms with Crippen molar-refractivity contribution in [1.82, 2.24) is 5.32 Å². The van der Waals surface area contributed by atoms with Gasteiger partial charge in [0.15, 0.2) is 0 Å². The first-order chi connectivity index (χ1) is 15.6. The van der Waals surface area contributed by atoms with Gasteiger partial charge in [-0.05, 0) is 73.5 Å². The van der Waals surface area contributed by atoms with Gasteiger partial charge in [0.05, 0.1) is 24.6 Å². The smallest absolute Gasteiger partial charge is 0.251 e. The Bertz CT molecular complexity index is 1180. The number of carbonyl (C=O) groups is 1. The maximum absolute atomic E-state index is 13.2. The van der Waals surface area contributed by atoms with E-state index in [-0.39, 0.29) is 24.4 Å². The van der Waals surface area contributed by atoms with E-state index in [1.54, 1.807) is 24.3 Å². The van der Waals surface area contributed by atoms with Crippen molar-refractivity contribution in [1.29, 1.82) is 0 Å². The first kappa shape index (κ1) is 24.3. The van der Waals surface area contributed by atoms with E-state index >= 15 is 0 Å². The number of amides is 1. The van der Waals surface area contributed by atoms with Gasteiger partial charge in [0, 0.05) is 12.1 Å². The van der Waals surface area contributed by atoms with Crippen molar-refractivity contribution in [2.75, 3.05) is 10.6 Å². The predicted molar refractivity (Wildman–Crippen MR) is 127 cm³/mol. The molecular formula is C25H27FN2O4S. The molecule has 0 aromatic heterocycles. The van der Waals surface area contributed by atoms with Gasteiger partial charge in [-0.25, -0.2) is 12.8 Å². The SMILES string of the molecule is CC(C)Oc1ccc(CNC(=O)c2ccc(N(Cc3ccc(F)cc3)S(C)(=O)=O)cc2)cc1. The Kier molecular flexibility index (Phi) is 7.71. The highest BCUT2D eigenvalue weighted by Gasteiger charge is 2.18. The van der Waals surface area contributed by atoms with Gasteiger partial charge in [-0.2, -0.15) is 0 Å². The number of benzene rings is 3. The van der Waals surface area contributed by atoms with Crippen LogP contribution in [0.1, 0.15) is 35.3 Å². The molecule has 0 radical (unpaired) electrons. The molecule has 0 spiro atoms. The average molecular weight is 471 g/mol. The van der Waals surface area contributed by atoms with Crippen LogP contribution in [0.25, 0.3) is 0 Å². The van der Waals surface area contributed by atoms with E-state index in [4.69, 9.17) is 4.74 Å². The van der Waals surface area contributed by atoms with Crippen molar-refractivity contribution in [3.63, 3.8) is 0 Å². The second kappa shape index (κ2) is 10.5. The third kappa shape index (κ3) is 7.05. The van der Waals surface area contributed by atoms with Crippen LogP contribution >= 0.6 is 0 Å². The summed E-state index contributed by atoms with van der Waals surface area (Å²) in [5, 5.41) is 2.85. The van der Waals surface area contributed by atoms with Crippen LogP contribution in [0.3, 0.4) is 0 Å². The molecule has 0 saturated carbocycles. The van der Waals surface area contributed by atoms with Crippen molar-refractivity contribution in [3.8, 4) is 5.75 Å². The van der Waals surface area contributed by atoms with Crippen molar-refractivity contribution in [3.05, 3.63) is 95.3 Å². The summed E-state index contributed by atoms with van der Waals surface area (Å²) < 4.78 is 44.6. The summed E-state index contributed by atoms with van der Waals surface area (Å²) in [7, 11) is -3.59. The van der Waals surface area contributed by atoms with Gasteiger partial charge in [-0.1, -0.05) is 24.3 Å². The van der Waals surface area contributed by atoms with Crippen molar-refractivity contribution < 1.29 is 22.3 Å². The summed E-state index contributed by atoms with van der Waals surface area (Å²) >= 11 is 0. The Labute approximate surface area is 194 Å². The topological polar surface area (TPSA) is 75.7 Å². The minimum atomic E-state index is -3.59. The molecule has 0 bridgehead atoms. The molecule has 1 N–H and O–H groups in total. The highest BCUT2D eigenvalue weighted by atomic mass is 32.2. The van der Waals surface area contributed by atoms with Gasteiger partial charge in [-0.3, -0.25) is 9.10 Å². The van der Waals surface area contributed by atoms with Crippen LogP contribution in [-0.4, -0.2) is 26.7 Å². The third-order valence-corrected chi connectivity index (χ3v) is 5.95. The zero-order chi connectivity index (χ0) is 24.0.